The van der Waals surface area contributed by atoms with Crippen molar-refractivity contribution in [3.8, 4) is 0 Å². The van der Waals surface area contributed by atoms with Gasteiger partial charge in [0.1, 0.15) is 5.60 Å². The van der Waals surface area contributed by atoms with Crippen LogP contribution in [0.15, 0.2) is 36.4 Å². The maximum atomic E-state index is 14.0. The lowest BCUT2D eigenvalue weighted by Gasteiger charge is -2.44. The molecule has 7 rings (SSSR count). The summed E-state index contributed by atoms with van der Waals surface area (Å²) in [6.45, 7) is 5.33. The van der Waals surface area contributed by atoms with Crippen LogP contribution < -0.4 is 11.1 Å². The maximum absolute atomic E-state index is 14.0. The summed E-state index contributed by atoms with van der Waals surface area (Å²) in [5.74, 6) is -0.466. The Kier molecular flexibility index (Phi) is 9.54. The Labute approximate surface area is 293 Å². The lowest BCUT2D eigenvalue weighted by molar-refractivity contribution is -0.143. The zero-order valence-corrected chi connectivity index (χ0v) is 28.5. The summed E-state index contributed by atoms with van der Waals surface area (Å²) >= 11 is 6.12. The molecule has 3 amide bonds. The molecule has 3 saturated heterocycles. The van der Waals surface area contributed by atoms with Crippen molar-refractivity contribution in [1.29, 1.82) is 0 Å². The minimum atomic E-state index is -4.77. The van der Waals surface area contributed by atoms with Crippen molar-refractivity contribution in [2.75, 3.05) is 63.4 Å². The first-order chi connectivity index (χ1) is 23.9. The highest BCUT2D eigenvalue weighted by Crippen LogP contribution is 2.44. The number of benzene rings is 2. The number of para-hydroxylation sites is 1. The molecule has 4 heterocycles. The van der Waals surface area contributed by atoms with Crippen molar-refractivity contribution in [3.63, 3.8) is 0 Å². The van der Waals surface area contributed by atoms with Crippen LogP contribution in [0.2, 0.25) is 5.02 Å². The first kappa shape index (κ1) is 34.7. The van der Waals surface area contributed by atoms with E-state index >= 15 is 0 Å². The molecule has 5 aliphatic rings. The molecular weight excluding hydrogens is 677 g/mol. The Bertz CT molecular complexity index is 1620. The van der Waals surface area contributed by atoms with Gasteiger partial charge in [0.05, 0.1) is 22.0 Å². The minimum absolute atomic E-state index is 0.0712. The van der Waals surface area contributed by atoms with Crippen molar-refractivity contribution in [2.24, 2.45) is 0 Å². The molecule has 1 spiro atoms. The highest BCUT2D eigenvalue weighted by atomic mass is 35.5. The molecule has 0 unspecified atom stereocenters. The number of nitrogens with one attached hydrogen (secondary N) is 1. The molecule has 3 N–H and O–H groups in total. The fourth-order valence-electron chi connectivity index (χ4n) is 7.96. The van der Waals surface area contributed by atoms with Gasteiger partial charge in [0, 0.05) is 89.3 Å². The Hall–Kier alpha value is -3.75. The standard InChI is InChI=1S/C35H42ClF3N6O5/c36-27-20-22(19-26(30(27)40)35(37,38)39)21-29(31(46)44-11-7-24(8-12-44)43-17-15-42(16-18-43)23-5-6-23)49-33(48)45-13-9-34(10-14-45)25-3-1-2-4-28(25)41-32(47)50-34/h1-4,19-20,23-24,29H,5-18,21,40H2,(H,41,47)/t29-/m1/s1. The lowest BCUT2D eigenvalue weighted by atomic mass is 9.82. The van der Waals surface area contributed by atoms with Crippen LogP contribution in [-0.4, -0.2) is 108 Å². The predicted octanol–water partition coefficient (Wildman–Crippen LogP) is 5.31. The predicted molar refractivity (Wildman–Crippen MR) is 180 cm³/mol. The fourth-order valence-corrected chi connectivity index (χ4v) is 8.20. The average molecular weight is 719 g/mol. The van der Waals surface area contributed by atoms with Gasteiger partial charge in [-0.1, -0.05) is 29.8 Å². The number of fused-ring (bicyclic) bond motifs is 2. The summed E-state index contributed by atoms with van der Waals surface area (Å²) in [5, 5.41) is 2.41. The molecule has 1 aliphatic carbocycles. The van der Waals surface area contributed by atoms with Crippen LogP contribution in [0.25, 0.3) is 0 Å². The zero-order valence-electron chi connectivity index (χ0n) is 27.7. The number of anilines is 2. The van der Waals surface area contributed by atoms with Gasteiger partial charge in [-0.3, -0.25) is 19.9 Å². The third kappa shape index (κ3) is 7.20. The molecule has 0 radical (unpaired) electrons. The highest BCUT2D eigenvalue weighted by molar-refractivity contribution is 6.33. The number of piperidine rings is 2. The third-order valence-corrected chi connectivity index (χ3v) is 11.2. The number of piperazine rings is 1. The third-order valence-electron chi connectivity index (χ3n) is 10.9. The molecule has 0 aromatic heterocycles. The lowest BCUT2D eigenvalue weighted by Crippen LogP contribution is -2.55. The van der Waals surface area contributed by atoms with Crippen LogP contribution >= 0.6 is 11.6 Å². The van der Waals surface area contributed by atoms with E-state index in [9.17, 15) is 27.6 Å². The van der Waals surface area contributed by atoms with E-state index in [0.717, 1.165) is 56.7 Å². The van der Waals surface area contributed by atoms with E-state index in [-0.39, 0.29) is 30.1 Å². The molecule has 2 aromatic carbocycles. The summed E-state index contributed by atoms with van der Waals surface area (Å²) in [4.78, 5) is 48.2. The van der Waals surface area contributed by atoms with Crippen LogP contribution in [0.3, 0.4) is 0 Å². The summed E-state index contributed by atoms with van der Waals surface area (Å²) in [6, 6.07) is 10.5. The number of hydrogen-bond donors (Lipinski definition) is 2. The van der Waals surface area contributed by atoms with Gasteiger partial charge < -0.3 is 25.0 Å². The van der Waals surface area contributed by atoms with Crippen molar-refractivity contribution in [1.82, 2.24) is 19.6 Å². The number of nitrogen functional groups attached to an aromatic ring is 1. The van der Waals surface area contributed by atoms with Crippen LogP contribution in [0.4, 0.5) is 34.1 Å². The number of amides is 3. The first-order valence-corrected chi connectivity index (χ1v) is 17.7. The van der Waals surface area contributed by atoms with E-state index < -0.39 is 47.2 Å². The molecule has 1 saturated carbocycles. The largest absolute Gasteiger partial charge is 0.438 e. The monoisotopic (exact) mass is 718 g/mol. The topological polar surface area (TPSA) is 121 Å². The van der Waals surface area contributed by atoms with E-state index in [2.05, 4.69) is 15.1 Å². The average Bonchev–Trinajstić information content (AvgIpc) is 3.95. The van der Waals surface area contributed by atoms with Gasteiger partial charge in [-0.25, -0.2) is 9.59 Å². The van der Waals surface area contributed by atoms with Gasteiger partial charge in [0.15, 0.2) is 6.10 Å². The summed E-state index contributed by atoms with van der Waals surface area (Å²) < 4.78 is 53.1. The van der Waals surface area contributed by atoms with E-state index in [0.29, 0.717) is 37.7 Å². The van der Waals surface area contributed by atoms with Gasteiger partial charge in [0.2, 0.25) is 0 Å². The van der Waals surface area contributed by atoms with E-state index in [4.69, 9.17) is 26.8 Å². The second kappa shape index (κ2) is 13.8. The smallest absolute Gasteiger partial charge is 0.418 e. The summed E-state index contributed by atoms with van der Waals surface area (Å²) in [6.07, 6.45) is -3.14. The number of rotatable bonds is 6. The second-order valence-electron chi connectivity index (χ2n) is 14.0. The SMILES string of the molecule is Nc1c(Cl)cc(C[C@@H](OC(=O)N2CCC3(CC2)OC(=O)Nc2ccccc23)C(=O)N2CCC(N3CCN(C4CC4)CC3)CC2)cc1C(F)(F)F. The Balaban J connectivity index is 1.04. The fraction of sp³-hybridized carbons (Fsp3) is 0.571. The van der Waals surface area contributed by atoms with Gasteiger partial charge >= 0.3 is 18.4 Å². The van der Waals surface area contributed by atoms with Crippen molar-refractivity contribution < 1.29 is 37.0 Å². The zero-order chi connectivity index (χ0) is 35.2. The van der Waals surface area contributed by atoms with E-state index in [1.807, 2.05) is 18.2 Å². The normalized spacial score (nSPS) is 22.4. The van der Waals surface area contributed by atoms with Crippen molar-refractivity contribution in [3.05, 3.63) is 58.1 Å². The molecule has 11 nitrogen and oxygen atoms in total. The number of halogens is 4. The van der Waals surface area contributed by atoms with Gasteiger partial charge in [-0.15, -0.1) is 0 Å². The Morgan fingerprint density at radius 2 is 1.56 bits per heavy atom. The molecular formula is C35H42ClF3N6O5. The number of likely N-dealkylation sites (tertiary alicyclic amines) is 2. The van der Waals surface area contributed by atoms with Crippen molar-refractivity contribution in [2.45, 2.75) is 74.9 Å². The number of nitrogens with zero attached hydrogens (tertiary/aromatic N) is 4. The minimum Gasteiger partial charge on any atom is -0.438 e. The molecule has 4 fully saturated rings. The van der Waals surface area contributed by atoms with Gasteiger partial charge in [-0.2, -0.15) is 13.2 Å². The van der Waals surface area contributed by atoms with Gasteiger partial charge in [0.25, 0.3) is 5.91 Å². The number of ether oxygens (including phenoxy) is 2. The molecule has 15 heteroatoms. The van der Waals surface area contributed by atoms with Crippen LogP contribution in [0, 0.1) is 0 Å². The van der Waals surface area contributed by atoms with E-state index in [1.54, 1.807) is 11.0 Å². The molecule has 0 bridgehead atoms. The molecule has 2 aromatic rings. The highest BCUT2D eigenvalue weighted by Gasteiger charge is 2.46. The Morgan fingerprint density at radius 3 is 2.18 bits per heavy atom. The number of hydrogen-bond acceptors (Lipinski definition) is 8. The maximum Gasteiger partial charge on any atom is 0.418 e. The molecule has 50 heavy (non-hydrogen) atoms. The molecule has 1 atom stereocenters. The second-order valence-corrected chi connectivity index (χ2v) is 14.4. The quantitative estimate of drug-likeness (QED) is 0.386. The molecule has 4 aliphatic heterocycles. The van der Waals surface area contributed by atoms with Gasteiger partial charge in [-0.05, 0) is 49.4 Å². The summed E-state index contributed by atoms with van der Waals surface area (Å²) in [5.41, 5.74) is 4.55. The Morgan fingerprint density at radius 1 is 0.940 bits per heavy atom. The van der Waals surface area contributed by atoms with E-state index in [1.165, 1.54) is 23.8 Å². The first-order valence-electron chi connectivity index (χ1n) is 17.4. The van der Waals surface area contributed by atoms with Crippen LogP contribution in [0.5, 0.6) is 0 Å². The number of nitrogens with two attached hydrogens (primary N) is 1. The number of alkyl halides is 3. The number of carbonyl (C=O) groups excluding carboxylic acids is 3. The van der Waals surface area contributed by atoms with Crippen LogP contribution in [-0.2, 0) is 32.5 Å². The molecule has 270 valence electrons. The van der Waals surface area contributed by atoms with Crippen LogP contribution in [0.1, 0.15) is 55.2 Å². The number of carbonyl (C=O) groups is 3. The summed E-state index contributed by atoms with van der Waals surface area (Å²) in [7, 11) is 0. The van der Waals surface area contributed by atoms with Crippen molar-refractivity contribution >= 4 is 41.1 Å².